The smallest absolute Gasteiger partial charge is 0.309 e. The van der Waals surface area contributed by atoms with E-state index in [4.69, 9.17) is 0 Å². The minimum atomic E-state index is -0.838. The van der Waals surface area contributed by atoms with Crippen LogP contribution in [0.2, 0.25) is 0 Å². The minimum Gasteiger partial charge on any atom is -0.347 e. The third kappa shape index (κ3) is 7.45. The molecular weight excluding hydrogens is 424 g/mol. The third-order valence-corrected chi connectivity index (χ3v) is 7.13. The molecule has 0 aromatic rings. The summed E-state index contributed by atoms with van der Waals surface area (Å²) in [6.07, 6.45) is 5.32. The standard InChI is InChI=1S/C21H36N4O3S.ClH/c1-20(2,3)12-15(22-17(27)14-10-8-7-9-11-14)16(26)18(28)23-24-19-25(6)21(4,5)13-29-19;/h14-15H,7-13H2,1-6H3,(H,22,27)(H,23,28);1H. The second-order valence-electron chi connectivity index (χ2n) is 10.0. The highest BCUT2D eigenvalue weighted by Crippen LogP contribution is 2.30. The number of hydrazone groups is 1. The first-order valence-electron chi connectivity index (χ1n) is 10.5. The summed E-state index contributed by atoms with van der Waals surface area (Å²) in [7, 11) is 1.92. The van der Waals surface area contributed by atoms with Crippen LogP contribution in [-0.2, 0) is 14.4 Å². The Balaban J connectivity index is 0.00000450. The van der Waals surface area contributed by atoms with Crippen LogP contribution in [0.5, 0.6) is 0 Å². The number of nitrogens with one attached hydrogen (secondary N) is 2. The van der Waals surface area contributed by atoms with E-state index in [9.17, 15) is 14.4 Å². The first-order chi connectivity index (χ1) is 13.4. The van der Waals surface area contributed by atoms with E-state index in [2.05, 4.69) is 29.7 Å². The van der Waals surface area contributed by atoms with Crippen molar-refractivity contribution in [3.63, 3.8) is 0 Å². The zero-order valence-electron chi connectivity index (χ0n) is 19.0. The van der Waals surface area contributed by atoms with Crippen molar-refractivity contribution in [2.75, 3.05) is 12.8 Å². The zero-order valence-corrected chi connectivity index (χ0v) is 20.7. The first kappa shape index (κ1) is 26.8. The van der Waals surface area contributed by atoms with Gasteiger partial charge in [0.2, 0.25) is 11.7 Å². The third-order valence-electron chi connectivity index (χ3n) is 5.65. The summed E-state index contributed by atoms with van der Waals surface area (Å²) in [6.45, 7) is 10.2. The Bertz CT molecular complexity index is 670. The Labute approximate surface area is 191 Å². The van der Waals surface area contributed by atoms with Crippen molar-refractivity contribution < 1.29 is 14.4 Å². The molecule has 1 aliphatic carbocycles. The van der Waals surface area contributed by atoms with Gasteiger partial charge in [0.05, 0.1) is 6.04 Å². The van der Waals surface area contributed by atoms with E-state index >= 15 is 0 Å². The van der Waals surface area contributed by atoms with Crippen LogP contribution in [0, 0.1) is 11.3 Å². The SMILES string of the molecule is CN1C(=NNC(=O)C(=O)C(CC(C)(C)C)NC(=O)C2CCCCC2)SCC1(C)C.Cl. The van der Waals surface area contributed by atoms with E-state index in [0.717, 1.165) is 37.9 Å². The fraction of sp³-hybridized carbons (Fsp3) is 0.810. The number of amidine groups is 1. The van der Waals surface area contributed by atoms with Gasteiger partial charge in [0.15, 0.2) is 5.17 Å². The Morgan fingerprint density at radius 3 is 2.30 bits per heavy atom. The average molecular weight is 461 g/mol. The molecule has 1 saturated carbocycles. The predicted octanol–water partition coefficient (Wildman–Crippen LogP) is 3.32. The van der Waals surface area contributed by atoms with Gasteiger partial charge in [-0.15, -0.1) is 17.5 Å². The van der Waals surface area contributed by atoms with Gasteiger partial charge in [0, 0.05) is 24.3 Å². The molecular formula is C21H37ClN4O3S. The van der Waals surface area contributed by atoms with Crippen LogP contribution in [0.25, 0.3) is 0 Å². The molecule has 2 N–H and O–H groups in total. The molecule has 2 rings (SSSR count). The van der Waals surface area contributed by atoms with E-state index in [1.54, 1.807) is 0 Å². The molecule has 9 heteroatoms. The van der Waals surface area contributed by atoms with Crippen LogP contribution in [0.4, 0.5) is 0 Å². The van der Waals surface area contributed by atoms with Crippen molar-refractivity contribution in [2.24, 2.45) is 16.4 Å². The Morgan fingerprint density at radius 1 is 1.20 bits per heavy atom. The molecule has 2 amide bonds. The van der Waals surface area contributed by atoms with Crippen molar-refractivity contribution in [3.05, 3.63) is 0 Å². The molecule has 1 saturated heterocycles. The largest absolute Gasteiger partial charge is 0.347 e. The fourth-order valence-corrected chi connectivity index (χ4v) is 4.82. The van der Waals surface area contributed by atoms with Gasteiger partial charge >= 0.3 is 5.91 Å². The molecule has 0 radical (unpaired) electrons. The highest BCUT2D eigenvalue weighted by atomic mass is 35.5. The van der Waals surface area contributed by atoms with Gasteiger partial charge in [0.25, 0.3) is 0 Å². The lowest BCUT2D eigenvalue weighted by Crippen LogP contribution is -2.50. The summed E-state index contributed by atoms with van der Waals surface area (Å²) in [5, 5.41) is 7.68. The number of amides is 2. The molecule has 1 atom stereocenters. The normalized spacial score (nSPS) is 21.7. The number of rotatable bonds is 6. The van der Waals surface area contributed by atoms with Gasteiger partial charge in [0.1, 0.15) is 0 Å². The summed E-state index contributed by atoms with van der Waals surface area (Å²) in [6, 6.07) is -0.838. The maximum atomic E-state index is 12.8. The summed E-state index contributed by atoms with van der Waals surface area (Å²) >= 11 is 1.54. The predicted molar refractivity (Wildman–Crippen MR) is 125 cm³/mol. The number of hydrogen-bond donors (Lipinski definition) is 2. The highest BCUT2D eigenvalue weighted by Gasteiger charge is 2.36. The molecule has 2 aliphatic rings. The molecule has 30 heavy (non-hydrogen) atoms. The van der Waals surface area contributed by atoms with E-state index in [0.29, 0.717) is 11.6 Å². The van der Waals surface area contributed by atoms with Crippen LogP contribution in [0.1, 0.15) is 73.1 Å². The molecule has 0 aromatic heterocycles. The average Bonchev–Trinajstić information content (AvgIpc) is 2.91. The van der Waals surface area contributed by atoms with Crippen LogP contribution in [0.3, 0.4) is 0 Å². The second kappa shape index (κ2) is 10.8. The topological polar surface area (TPSA) is 90.9 Å². The van der Waals surface area contributed by atoms with Crippen molar-refractivity contribution >= 4 is 46.9 Å². The lowest BCUT2D eigenvalue weighted by molar-refractivity contribution is -0.141. The highest BCUT2D eigenvalue weighted by molar-refractivity contribution is 8.14. The van der Waals surface area contributed by atoms with Crippen molar-refractivity contribution in [1.82, 2.24) is 15.6 Å². The first-order valence-corrected chi connectivity index (χ1v) is 11.5. The van der Waals surface area contributed by atoms with Crippen molar-refractivity contribution in [3.8, 4) is 0 Å². The Hall–Kier alpha value is -1.28. The number of thioether (sulfide) groups is 1. The monoisotopic (exact) mass is 460 g/mol. The summed E-state index contributed by atoms with van der Waals surface area (Å²) in [5.41, 5.74) is 2.13. The van der Waals surface area contributed by atoms with Gasteiger partial charge in [-0.05, 0) is 38.5 Å². The molecule has 1 heterocycles. The van der Waals surface area contributed by atoms with E-state index in [1.807, 2.05) is 32.7 Å². The number of halogens is 1. The number of hydrogen-bond acceptors (Lipinski definition) is 5. The van der Waals surface area contributed by atoms with E-state index < -0.39 is 17.7 Å². The van der Waals surface area contributed by atoms with Crippen LogP contribution >= 0.6 is 24.2 Å². The zero-order chi connectivity index (χ0) is 21.8. The van der Waals surface area contributed by atoms with Gasteiger partial charge in [-0.25, -0.2) is 5.43 Å². The molecule has 0 bridgehead atoms. The molecule has 172 valence electrons. The van der Waals surface area contributed by atoms with Gasteiger partial charge < -0.3 is 10.2 Å². The quantitative estimate of drug-likeness (QED) is 0.468. The van der Waals surface area contributed by atoms with Crippen molar-refractivity contribution in [1.29, 1.82) is 0 Å². The Kier molecular flexibility index (Phi) is 9.67. The minimum absolute atomic E-state index is 0. The summed E-state index contributed by atoms with van der Waals surface area (Å²) in [5.74, 6) is -0.740. The van der Waals surface area contributed by atoms with E-state index in [-0.39, 0.29) is 35.2 Å². The Morgan fingerprint density at radius 2 is 1.80 bits per heavy atom. The number of carbonyl (C=O) groups is 3. The molecule has 7 nitrogen and oxygen atoms in total. The van der Waals surface area contributed by atoms with Crippen LogP contribution in [0.15, 0.2) is 5.10 Å². The maximum absolute atomic E-state index is 12.8. The summed E-state index contributed by atoms with van der Waals surface area (Å²) < 4.78 is 0. The number of ketones is 1. The maximum Gasteiger partial charge on any atom is 0.309 e. The second-order valence-corrected chi connectivity index (χ2v) is 11.0. The van der Waals surface area contributed by atoms with Gasteiger partial charge in [-0.3, -0.25) is 14.4 Å². The lowest BCUT2D eigenvalue weighted by atomic mass is 9.85. The van der Waals surface area contributed by atoms with E-state index in [1.165, 1.54) is 11.8 Å². The molecule has 0 aromatic carbocycles. The van der Waals surface area contributed by atoms with Gasteiger partial charge in [-0.1, -0.05) is 51.8 Å². The number of nitrogens with zero attached hydrogens (tertiary/aromatic N) is 2. The number of carbonyl (C=O) groups excluding carboxylic acids is 3. The van der Waals surface area contributed by atoms with Crippen molar-refractivity contribution in [2.45, 2.75) is 84.7 Å². The molecule has 1 unspecified atom stereocenters. The van der Waals surface area contributed by atoms with Gasteiger partial charge in [-0.2, -0.15) is 0 Å². The van der Waals surface area contributed by atoms with Crippen LogP contribution < -0.4 is 10.7 Å². The fourth-order valence-electron chi connectivity index (χ4n) is 3.59. The molecule has 1 aliphatic heterocycles. The number of Topliss-reactive ketones (excluding diaryl/α,β-unsaturated/α-hetero) is 1. The molecule has 2 fully saturated rings. The lowest BCUT2D eigenvalue weighted by Gasteiger charge is -2.28. The summed E-state index contributed by atoms with van der Waals surface area (Å²) in [4.78, 5) is 40.0. The molecule has 0 spiro atoms. The van der Waals surface area contributed by atoms with Crippen LogP contribution in [-0.4, -0.2) is 52.0 Å².